The number of aromatic nitrogens is 2. The van der Waals surface area contributed by atoms with Gasteiger partial charge in [0.15, 0.2) is 17.2 Å². The fraction of sp³-hybridized carbons (Fsp3) is 0.304. The van der Waals surface area contributed by atoms with Crippen molar-refractivity contribution in [1.29, 1.82) is 0 Å². The Hall–Kier alpha value is -3.88. The number of hydrogen-bond acceptors (Lipinski definition) is 7. The summed E-state index contributed by atoms with van der Waals surface area (Å²) in [6.45, 7) is 2.47. The zero-order valence-electron chi connectivity index (χ0n) is 18.5. The molecule has 9 nitrogen and oxygen atoms in total. The maximum absolute atomic E-state index is 12.9. The average Bonchev–Trinajstić information content (AvgIpc) is 2.82. The first-order valence-corrected chi connectivity index (χ1v) is 10.2. The molecule has 0 bridgehead atoms. The van der Waals surface area contributed by atoms with Gasteiger partial charge in [0.2, 0.25) is 5.75 Å². The number of aryl methyl sites for hydroxylation is 1. The number of methoxy groups -OCH3 is 3. The van der Waals surface area contributed by atoms with E-state index < -0.39 is 5.91 Å². The van der Waals surface area contributed by atoms with Gasteiger partial charge in [0, 0.05) is 17.5 Å². The van der Waals surface area contributed by atoms with Gasteiger partial charge in [-0.05, 0) is 24.6 Å². The highest BCUT2D eigenvalue weighted by Gasteiger charge is 2.16. The molecule has 0 radical (unpaired) electrons. The summed E-state index contributed by atoms with van der Waals surface area (Å²) in [6.07, 6.45) is 3.14. The molecule has 3 rings (SSSR count). The predicted octanol–water partition coefficient (Wildman–Crippen LogP) is 2.99. The minimum absolute atomic E-state index is 0.137. The maximum Gasteiger partial charge on any atom is 0.292 e. The highest BCUT2D eigenvalue weighted by molar-refractivity contribution is 6.05. The molecule has 1 amide bonds. The SMILES string of the molecule is CCCCn1nc(C(=O)N/N=C/c2cc(OC)c(OC)c(OC)c2)c2ccccc2c1=O. The first kappa shape index (κ1) is 22.8. The Balaban J connectivity index is 1.90. The number of rotatable bonds is 9. The van der Waals surface area contributed by atoms with Crippen LogP contribution in [0, 0.1) is 0 Å². The van der Waals surface area contributed by atoms with Gasteiger partial charge in [-0.2, -0.15) is 10.2 Å². The Morgan fingerprint density at radius 1 is 1.09 bits per heavy atom. The first-order chi connectivity index (χ1) is 15.5. The van der Waals surface area contributed by atoms with Crippen molar-refractivity contribution in [2.24, 2.45) is 5.10 Å². The van der Waals surface area contributed by atoms with Crippen LogP contribution in [0.5, 0.6) is 17.2 Å². The Morgan fingerprint density at radius 2 is 1.75 bits per heavy atom. The average molecular weight is 438 g/mol. The molecular weight excluding hydrogens is 412 g/mol. The van der Waals surface area contributed by atoms with Crippen LogP contribution in [0.3, 0.4) is 0 Å². The molecule has 0 aliphatic rings. The third-order valence-electron chi connectivity index (χ3n) is 4.87. The number of nitrogens with zero attached hydrogens (tertiary/aromatic N) is 3. The molecule has 32 heavy (non-hydrogen) atoms. The molecule has 0 unspecified atom stereocenters. The number of ether oxygens (including phenoxy) is 3. The number of amides is 1. The summed E-state index contributed by atoms with van der Waals surface area (Å²) in [5.41, 5.74) is 3.04. The first-order valence-electron chi connectivity index (χ1n) is 10.2. The van der Waals surface area contributed by atoms with Crippen molar-refractivity contribution < 1.29 is 19.0 Å². The number of benzene rings is 2. The molecule has 0 fully saturated rings. The summed E-state index contributed by atoms with van der Waals surface area (Å²) in [5.74, 6) is 0.877. The zero-order valence-corrected chi connectivity index (χ0v) is 18.5. The monoisotopic (exact) mass is 438 g/mol. The van der Waals surface area contributed by atoms with E-state index in [0.29, 0.717) is 40.1 Å². The lowest BCUT2D eigenvalue weighted by Gasteiger charge is -2.12. The second kappa shape index (κ2) is 10.4. The second-order valence-corrected chi connectivity index (χ2v) is 6.93. The summed E-state index contributed by atoms with van der Waals surface area (Å²) in [5, 5.41) is 9.26. The van der Waals surface area contributed by atoms with E-state index in [-0.39, 0.29) is 11.3 Å². The Morgan fingerprint density at radius 3 is 2.34 bits per heavy atom. The third-order valence-corrected chi connectivity index (χ3v) is 4.87. The number of unbranched alkanes of at least 4 members (excludes halogenated alkanes) is 1. The number of hydrogen-bond donors (Lipinski definition) is 1. The van der Waals surface area contributed by atoms with E-state index in [9.17, 15) is 9.59 Å². The van der Waals surface area contributed by atoms with Gasteiger partial charge in [0.05, 0.1) is 32.9 Å². The number of carbonyl (C=O) groups is 1. The van der Waals surface area contributed by atoms with E-state index in [1.165, 1.54) is 32.2 Å². The van der Waals surface area contributed by atoms with E-state index >= 15 is 0 Å². The molecule has 0 aliphatic heterocycles. The molecule has 0 saturated carbocycles. The topological polar surface area (TPSA) is 104 Å². The van der Waals surface area contributed by atoms with Crippen LogP contribution in [0.2, 0.25) is 0 Å². The summed E-state index contributed by atoms with van der Waals surface area (Å²) in [6, 6.07) is 10.3. The van der Waals surface area contributed by atoms with E-state index in [2.05, 4.69) is 15.6 Å². The van der Waals surface area contributed by atoms with Crippen LogP contribution in [0.15, 0.2) is 46.3 Å². The minimum Gasteiger partial charge on any atom is -0.493 e. The summed E-state index contributed by atoms with van der Waals surface area (Å²) in [4.78, 5) is 25.5. The van der Waals surface area contributed by atoms with Gasteiger partial charge in [-0.3, -0.25) is 9.59 Å². The van der Waals surface area contributed by atoms with Gasteiger partial charge >= 0.3 is 0 Å². The fourth-order valence-electron chi connectivity index (χ4n) is 3.26. The zero-order chi connectivity index (χ0) is 23.1. The maximum atomic E-state index is 12.9. The Labute approximate surface area is 185 Å². The molecule has 1 N–H and O–H groups in total. The minimum atomic E-state index is -0.518. The normalized spacial score (nSPS) is 11.0. The number of carbonyl (C=O) groups excluding carboxylic acids is 1. The molecule has 168 valence electrons. The van der Waals surface area contributed by atoms with Gasteiger partial charge < -0.3 is 14.2 Å². The van der Waals surface area contributed by atoms with Gasteiger partial charge in [-0.15, -0.1) is 0 Å². The molecule has 1 aromatic heterocycles. The van der Waals surface area contributed by atoms with E-state index in [4.69, 9.17) is 14.2 Å². The summed E-state index contributed by atoms with van der Waals surface area (Å²) in [7, 11) is 4.56. The predicted molar refractivity (Wildman–Crippen MR) is 122 cm³/mol. The van der Waals surface area contributed by atoms with E-state index in [0.717, 1.165) is 12.8 Å². The smallest absolute Gasteiger partial charge is 0.292 e. The van der Waals surface area contributed by atoms with Gasteiger partial charge in [0.25, 0.3) is 11.5 Å². The van der Waals surface area contributed by atoms with Crippen LogP contribution in [0.1, 0.15) is 35.8 Å². The lowest BCUT2D eigenvalue weighted by atomic mass is 10.1. The fourth-order valence-corrected chi connectivity index (χ4v) is 3.26. The van der Waals surface area contributed by atoms with Crippen LogP contribution in [-0.4, -0.2) is 43.2 Å². The second-order valence-electron chi connectivity index (χ2n) is 6.93. The van der Waals surface area contributed by atoms with Crippen molar-refractivity contribution in [1.82, 2.24) is 15.2 Å². The molecule has 2 aromatic carbocycles. The van der Waals surface area contributed by atoms with Crippen molar-refractivity contribution in [2.75, 3.05) is 21.3 Å². The molecule has 0 spiro atoms. The van der Waals surface area contributed by atoms with Crippen LogP contribution >= 0.6 is 0 Å². The number of fused-ring (bicyclic) bond motifs is 1. The van der Waals surface area contributed by atoms with Gasteiger partial charge in [0.1, 0.15) is 0 Å². The van der Waals surface area contributed by atoms with Crippen LogP contribution in [-0.2, 0) is 6.54 Å². The quantitative estimate of drug-likeness (QED) is 0.407. The van der Waals surface area contributed by atoms with Crippen molar-refractivity contribution in [3.8, 4) is 17.2 Å². The van der Waals surface area contributed by atoms with Crippen molar-refractivity contribution in [2.45, 2.75) is 26.3 Å². The van der Waals surface area contributed by atoms with Crippen LogP contribution in [0.25, 0.3) is 10.8 Å². The van der Waals surface area contributed by atoms with Crippen molar-refractivity contribution in [3.05, 3.63) is 58.0 Å². The largest absolute Gasteiger partial charge is 0.493 e. The Bertz CT molecular complexity index is 1180. The van der Waals surface area contributed by atoms with Crippen LogP contribution in [0.4, 0.5) is 0 Å². The molecule has 0 atom stereocenters. The van der Waals surface area contributed by atoms with Crippen molar-refractivity contribution >= 4 is 22.9 Å². The van der Waals surface area contributed by atoms with Gasteiger partial charge in [-0.1, -0.05) is 31.5 Å². The van der Waals surface area contributed by atoms with Crippen LogP contribution < -0.4 is 25.2 Å². The summed E-state index contributed by atoms with van der Waals surface area (Å²) < 4.78 is 17.3. The molecular formula is C23H26N4O5. The molecule has 1 heterocycles. The highest BCUT2D eigenvalue weighted by atomic mass is 16.5. The number of hydrazone groups is 1. The van der Waals surface area contributed by atoms with E-state index in [1.54, 1.807) is 36.4 Å². The third kappa shape index (κ3) is 4.72. The Kier molecular flexibility index (Phi) is 7.43. The molecule has 0 aliphatic carbocycles. The van der Waals surface area contributed by atoms with E-state index in [1.807, 2.05) is 6.92 Å². The van der Waals surface area contributed by atoms with Gasteiger partial charge in [-0.25, -0.2) is 10.1 Å². The molecule has 9 heteroatoms. The molecule has 3 aromatic rings. The molecule has 0 saturated heterocycles. The highest BCUT2D eigenvalue weighted by Crippen LogP contribution is 2.37. The summed E-state index contributed by atoms with van der Waals surface area (Å²) >= 11 is 0. The van der Waals surface area contributed by atoms with Crippen molar-refractivity contribution in [3.63, 3.8) is 0 Å². The number of nitrogens with one attached hydrogen (secondary N) is 1. The lowest BCUT2D eigenvalue weighted by Crippen LogP contribution is -2.29. The standard InChI is InChI=1S/C23H26N4O5/c1-5-6-11-27-23(29)17-10-8-7-9-16(17)20(26-27)22(28)25-24-14-15-12-18(30-2)21(32-4)19(13-15)31-3/h7-10,12-14H,5-6,11H2,1-4H3,(H,25,28)/b24-14+. The lowest BCUT2D eigenvalue weighted by molar-refractivity contribution is 0.0949.